The van der Waals surface area contributed by atoms with Crippen molar-refractivity contribution >= 4 is 12.4 Å². The lowest BCUT2D eigenvalue weighted by Crippen LogP contribution is -2.14. The largest absolute Gasteiger partial charge is 0.324 e. The van der Waals surface area contributed by atoms with Crippen molar-refractivity contribution in [1.29, 1.82) is 0 Å². The summed E-state index contributed by atoms with van der Waals surface area (Å²) in [7, 11) is 0. The van der Waals surface area contributed by atoms with Gasteiger partial charge in [-0.3, -0.25) is 0 Å². The molecule has 0 amide bonds. The maximum absolute atomic E-state index is 13.3. The molecule has 14 heavy (non-hydrogen) atoms. The van der Waals surface area contributed by atoms with Crippen molar-refractivity contribution in [2.45, 2.75) is 25.8 Å². The lowest BCUT2D eigenvalue weighted by Gasteiger charge is -2.12. The average Bonchev–Trinajstić information content (AvgIpc) is 2.91. The number of hydrogen-bond donors (Lipinski definition) is 1. The first-order valence-corrected chi connectivity index (χ1v) is 4.70. The predicted molar refractivity (Wildman–Crippen MR) is 58.0 cm³/mol. The zero-order valence-corrected chi connectivity index (χ0v) is 8.98. The molecular formula is C11H15ClFN. The van der Waals surface area contributed by atoms with E-state index in [4.69, 9.17) is 5.73 Å². The van der Waals surface area contributed by atoms with Gasteiger partial charge in [0.25, 0.3) is 0 Å². The third-order valence-electron chi connectivity index (χ3n) is 2.64. The number of hydrogen-bond acceptors (Lipinski definition) is 1. The summed E-state index contributed by atoms with van der Waals surface area (Å²) in [5, 5.41) is 0. The molecule has 1 aliphatic carbocycles. The summed E-state index contributed by atoms with van der Waals surface area (Å²) in [4.78, 5) is 0. The highest BCUT2D eigenvalue weighted by atomic mass is 35.5. The van der Waals surface area contributed by atoms with E-state index in [2.05, 4.69) is 0 Å². The molecule has 1 aliphatic rings. The quantitative estimate of drug-likeness (QED) is 0.807. The summed E-state index contributed by atoms with van der Waals surface area (Å²) in [6.45, 7) is 1.96. The van der Waals surface area contributed by atoms with Gasteiger partial charge in [-0.25, -0.2) is 4.39 Å². The van der Waals surface area contributed by atoms with Crippen LogP contribution in [0.15, 0.2) is 18.2 Å². The van der Waals surface area contributed by atoms with Crippen LogP contribution in [-0.4, -0.2) is 0 Å². The van der Waals surface area contributed by atoms with E-state index in [0.717, 1.165) is 18.4 Å². The van der Waals surface area contributed by atoms with Gasteiger partial charge >= 0.3 is 0 Å². The van der Waals surface area contributed by atoms with Crippen LogP contribution in [0, 0.1) is 18.7 Å². The monoisotopic (exact) mass is 215 g/mol. The standard InChI is InChI=1S/C11H14FN.ClH/c1-7-2-5-10(12)9(6-7)11(13)8-3-4-8;/h2,5-6,8,11H,3-4,13H2,1H3;1H/t11-;/m0./s1. The second-order valence-electron chi connectivity index (χ2n) is 3.89. The van der Waals surface area contributed by atoms with Gasteiger partial charge in [0, 0.05) is 11.6 Å². The number of halogens is 2. The van der Waals surface area contributed by atoms with Crippen LogP contribution in [0.5, 0.6) is 0 Å². The molecule has 0 radical (unpaired) electrons. The van der Waals surface area contributed by atoms with Crippen LogP contribution < -0.4 is 5.73 Å². The highest BCUT2D eigenvalue weighted by Gasteiger charge is 2.30. The van der Waals surface area contributed by atoms with Crippen molar-refractivity contribution in [2.75, 3.05) is 0 Å². The maximum atomic E-state index is 13.3. The number of benzene rings is 1. The minimum atomic E-state index is -0.162. The lowest BCUT2D eigenvalue weighted by molar-refractivity contribution is 0.553. The van der Waals surface area contributed by atoms with Crippen molar-refractivity contribution in [3.05, 3.63) is 35.1 Å². The minimum absolute atomic E-state index is 0. The molecule has 1 aromatic carbocycles. The van der Waals surface area contributed by atoms with Crippen molar-refractivity contribution in [1.82, 2.24) is 0 Å². The van der Waals surface area contributed by atoms with E-state index in [1.807, 2.05) is 13.0 Å². The molecule has 1 atom stereocenters. The van der Waals surface area contributed by atoms with E-state index in [-0.39, 0.29) is 24.3 Å². The van der Waals surface area contributed by atoms with Crippen LogP contribution in [0.25, 0.3) is 0 Å². The molecule has 1 fully saturated rings. The minimum Gasteiger partial charge on any atom is -0.324 e. The fraction of sp³-hybridized carbons (Fsp3) is 0.455. The van der Waals surface area contributed by atoms with Gasteiger partial charge in [0.15, 0.2) is 0 Å². The van der Waals surface area contributed by atoms with Crippen molar-refractivity contribution in [3.8, 4) is 0 Å². The van der Waals surface area contributed by atoms with Crippen LogP contribution in [0.3, 0.4) is 0 Å². The van der Waals surface area contributed by atoms with Crippen molar-refractivity contribution in [3.63, 3.8) is 0 Å². The van der Waals surface area contributed by atoms with Crippen LogP contribution in [0.1, 0.15) is 30.0 Å². The highest BCUT2D eigenvalue weighted by molar-refractivity contribution is 5.85. The first-order valence-electron chi connectivity index (χ1n) is 4.70. The molecule has 2 rings (SSSR count). The number of nitrogens with two attached hydrogens (primary N) is 1. The Morgan fingerprint density at radius 2 is 2.07 bits per heavy atom. The maximum Gasteiger partial charge on any atom is 0.127 e. The van der Waals surface area contributed by atoms with E-state index in [9.17, 15) is 4.39 Å². The lowest BCUT2D eigenvalue weighted by atomic mass is 10.0. The van der Waals surface area contributed by atoms with E-state index in [1.165, 1.54) is 6.07 Å². The van der Waals surface area contributed by atoms with E-state index in [0.29, 0.717) is 11.5 Å². The SMILES string of the molecule is Cc1ccc(F)c([C@@H](N)C2CC2)c1.Cl. The Bertz CT molecular complexity index is 323. The van der Waals surface area contributed by atoms with E-state index < -0.39 is 0 Å². The summed E-state index contributed by atoms with van der Waals surface area (Å²) >= 11 is 0. The van der Waals surface area contributed by atoms with Crippen LogP contribution in [-0.2, 0) is 0 Å². The normalized spacial score (nSPS) is 17.4. The first-order chi connectivity index (χ1) is 6.18. The smallest absolute Gasteiger partial charge is 0.127 e. The molecule has 0 bridgehead atoms. The Morgan fingerprint density at radius 1 is 1.43 bits per heavy atom. The Morgan fingerprint density at radius 3 is 2.64 bits per heavy atom. The topological polar surface area (TPSA) is 26.0 Å². The van der Waals surface area contributed by atoms with Gasteiger partial charge in [-0.15, -0.1) is 12.4 Å². The molecule has 2 N–H and O–H groups in total. The molecule has 3 heteroatoms. The molecule has 0 heterocycles. The zero-order chi connectivity index (χ0) is 9.42. The molecule has 0 saturated heterocycles. The van der Waals surface area contributed by atoms with Gasteiger partial charge < -0.3 is 5.73 Å². The summed E-state index contributed by atoms with van der Waals surface area (Å²) in [5.74, 6) is 0.348. The Labute approximate surface area is 89.9 Å². The van der Waals surface area contributed by atoms with Gasteiger partial charge in [-0.05, 0) is 31.7 Å². The molecule has 0 aliphatic heterocycles. The second kappa shape index (κ2) is 4.28. The second-order valence-corrected chi connectivity index (χ2v) is 3.89. The Balaban J connectivity index is 0.000000980. The molecule has 1 nitrogen and oxygen atoms in total. The number of aryl methyl sites for hydroxylation is 1. The third kappa shape index (κ3) is 2.25. The van der Waals surface area contributed by atoms with Gasteiger partial charge in [-0.2, -0.15) is 0 Å². The summed E-state index contributed by atoms with van der Waals surface area (Å²) in [6, 6.07) is 5.05. The van der Waals surface area contributed by atoms with Gasteiger partial charge in [0.05, 0.1) is 0 Å². The highest BCUT2D eigenvalue weighted by Crippen LogP contribution is 2.40. The molecule has 78 valence electrons. The fourth-order valence-corrected chi connectivity index (χ4v) is 1.63. The zero-order valence-electron chi connectivity index (χ0n) is 8.16. The van der Waals surface area contributed by atoms with Crippen LogP contribution in [0.2, 0.25) is 0 Å². The van der Waals surface area contributed by atoms with Crippen LogP contribution >= 0.6 is 12.4 Å². The van der Waals surface area contributed by atoms with Crippen LogP contribution in [0.4, 0.5) is 4.39 Å². The van der Waals surface area contributed by atoms with Gasteiger partial charge in [-0.1, -0.05) is 17.7 Å². The summed E-state index contributed by atoms with van der Waals surface area (Å²) in [5.41, 5.74) is 7.69. The fourth-order valence-electron chi connectivity index (χ4n) is 1.63. The molecule has 0 unspecified atom stereocenters. The molecule has 1 aromatic rings. The van der Waals surface area contributed by atoms with Crippen molar-refractivity contribution in [2.24, 2.45) is 11.7 Å². The molecule has 0 spiro atoms. The summed E-state index contributed by atoms with van der Waals surface area (Å²) in [6.07, 6.45) is 2.29. The average molecular weight is 216 g/mol. The Kier molecular flexibility index (Phi) is 3.51. The number of rotatable bonds is 2. The van der Waals surface area contributed by atoms with Crippen molar-refractivity contribution < 1.29 is 4.39 Å². The third-order valence-corrected chi connectivity index (χ3v) is 2.64. The predicted octanol–water partition coefficient (Wildman–Crippen LogP) is 2.97. The molecular weight excluding hydrogens is 201 g/mol. The Hall–Kier alpha value is -0.600. The van der Waals surface area contributed by atoms with E-state index in [1.54, 1.807) is 6.07 Å². The molecule has 0 aromatic heterocycles. The van der Waals surface area contributed by atoms with Gasteiger partial charge in [0.2, 0.25) is 0 Å². The summed E-state index contributed by atoms with van der Waals surface area (Å²) < 4.78 is 13.3. The first kappa shape index (κ1) is 11.5. The molecule has 1 saturated carbocycles. The van der Waals surface area contributed by atoms with Gasteiger partial charge in [0.1, 0.15) is 5.82 Å². The van der Waals surface area contributed by atoms with E-state index >= 15 is 0 Å².